The number of benzene rings is 4. The predicted octanol–water partition coefficient (Wildman–Crippen LogP) is 1.23. The first-order valence-corrected chi connectivity index (χ1v) is 13.2. The van der Waals surface area contributed by atoms with Crippen molar-refractivity contribution in [3.8, 4) is 22.3 Å². The first kappa shape index (κ1) is 31.4. The molecule has 37 heavy (non-hydrogen) atoms. The van der Waals surface area contributed by atoms with Crippen molar-refractivity contribution in [1.29, 1.82) is 0 Å². The molecule has 0 bridgehead atoms. The average Bonchev–Trinajstić information content (AvgIpc) is 3.40. The van der Waals surface area contributed by atoms with Crippen LogP contribution < -0.4 is 35.2 Å². The Bertz CT molecular complexity index is 1420. The second-order valence-corrected chi connectivity index (χ2v) is 10.7. The number of hydrogen-bond donors (Lipinski definition) is 0. The van der Waals surface area contributed by atoms with Crippen LogP contribution in [0.2, 0.25) is 0 Å². The minimum Gasteiger partial charge on any atom is -1.00 e. The van der Waals surface area contributed by atoms with E-state index < -0.39 is 0 Å². The molecule has 0 saturated heterocycles. The fraction of sp³-hybridized carbons (Fsp3) is 0.182. The zero-order valence-corrected chi connectivity index (χ0v) is 26.7. The van der Waals surface area contributed by atoms with Crippen LogP contribution in [0.3, 0.4) is 0 Å². The van der Waals surface area contributed by atoms with Crippen molar-refractivity contribution >= 4 is 30.7 Å². The van der Waals surface area contributed by atoms with Gasteiger partial charge in [-0.25, -0.2) is 0 Å². The predicted molar refractivity (Wildman–Crippen MR) is 149 cm³/mol. The average molecular weight is 617 g/mol. The molecule has 0 saturated carbocycles. The van der Waals surface area contributed by atoms with Gasteiger partial charge in [0.05, 0.1) is 9.52 Å². The molecule has 4 heteroatoms. The van der Waals surface area contributed by atoms with E-state index in [4.69, 9.17) is 0 Å². The van der Waals surface area contributed by atoms with E-state index in [1.807, 2.05) is 6.07 Å². The smallest absolute Gasteiger partial charge is 1.00 e. The zero-order valence-electron chi connectivity index (χ0n) is 21.8. The van der Waals surface area contributed by atoms with Crippen molar-refractivity contribution < 1.29 is 51.0 Å². The second kappa shape index (κ2) is 13.8. The quantitative estimate of drug-likeness (QED) is 0.208. The van der Waals surface area contributed by atoms with Gasteiger partial charge in [-0.1, -0.05) is 88.8 Å². The maximum absolute atomic E-state index is 3.31. The molecular formula is C33H30Cl2SiZr. The van der Waals surface area contributed by atoms with E-state index in [0.29, 0.717) is 0 Å². The number of fused-ring (bicyclic) bond motifs is 4. The van der Waals surface area contributed by atoms with Gasteiger partial charge in [-0.15, -0.1) is 40.1 Å². The van der Waals surface area contributed by atoms with E-state index in [1.165, 1.54) is 78.5 Å². The van der Waals surface area contributed by atoms with Gasteiger partial charge in [-0.3, -0.25) is 0 Å². The van der Waals surface area contributed by atoms with Crippen molar-refractivity contribution in [3.05, 3.63) is 113 Å². The summed E-state index contributed by atoms with van der Waals surface area (Å²) in [7, 11) is 0.795. The Morgan fingerprint density at radius 2 is 1.51 bits per heavy atom. The largest absolute Gasteiger partial charge is 4.00 e. The summed E-state index contributed by atoms with van der Waals surface area (Å²) in [5.74, 6) is 0. The first-order valence-electron chi connectivity index (χ1n) is 12.2. The van der Waals surface area contributed by atoms with Gasteiger partial charge in [-0.2, -0.15) is 35.5 Å². The third-order valence-corrected chi connectivity index (χ3v) is 7.91. The molecular weight excluding hydrogens is 587 g/mol. The van der Waals surface area contributed by atoms with Crippen LogP contribution in [-0.2, 0) is 32.6 Å². The van der Waals surface area contributed by atoms with Gasteiger partial charge in [-0.05, 0) is 32.8 Å². The van der Waals surface area contributed by atoms with Crippen LogP contribution in [0, 0.1) is 26.8 Å². The third kappa shape index (κ3) is 6.79. The minimum absolute atomic E-state index is 0. The van der Waals surface area contributed by atoms with Gasteiger partial charge in [0.1, 0.15) is 0 Å². The Morgan fingerprint density at radius 1 is 0.811 bits per heavy atom. The fourth-order valence-corrected chi connectivity index (χ4v) is 6.42. The Labute approximate surface area is 256 Å². The molecule has 0 atom stereocenters. The van der Waals surface area contributed by atoms with E-state index in [9.17, 15) is 0 Å². The molecule has 0 unspecified atom stereocenters. The summed E-state index contributed by atoms with van der Waals surface area (Å²) in [6.45, 7) is 8.83. The molecule has 5 aromatic carbocycles. The van der Waals surface area contributed by atoms with E-state index in [2.05, 4.69) is 113 Å². The third-order valence-electron chi connectivity index (χ3n) is 6.54. The van der Waals surface area contributed by atoms with Crippen molar-refractivity contribution in [2.24, 2.45) is 0 Å². The van der Waals surface area contributed by atoms with Gasteiger partial charge in [0, 0.05) is 0 Å². The summed E-state index contributed by atoms with van der Waals surface area (Å²) in [6.07, 6.45) is 2.37. The van der Waals surface area contributed by atoms with Gasteiger partial charge < -0.3 is 24.8 Å². The number of aryl methyl sites for hydroxylation is 4. The Morgan fingerprint density at radius 3 is 2.24 bits per heavy atom. The topological polar surface area (TPSA) is 0 Å². The van der Waals surface area contributed by atoms with Crippen LogP contribution >= 0.6 is 0 Å². The number of hydrogen-bond acceptors (Lipinski definition) is 0. The molecule has 0 amide bonds. The fourth-order valence-electron chi connectivity index (χ4n) is 5.11. The molecule has 0 fully saturated rings. The maximum Gasteiger partial charge on any atom is 4.00 e. The Hall–Kier alpha value is -1.83. The van der Waals surface area contributed by atoms with Crippen LogP contribution in [0.4, 0.5) is 0 Å². The van der Waals surface area contributed by atoms with Crippen molar-refractivity contribution in [2.75, 3.05) is 0 Å². The molecule has 0 spiro atoms. The summed E-state index contributed by atoms with van der Waals surface area (Å²) in [5, 5.41) is 5.60. The van der Waals surface area contributed by atoms with E-state index >= 15 is 0 Å². The summed E-state index contributed by atoms with van der Waals surface area (Å²) in [5.41, 5.74) is 11.0. The minimum atomic E-state index is 0. The second-order valence-electron chi connectivity index (χ2n) is 9.38. The summed E-state index contributed by atoms with van der Waals surface area (Å²) < 4.78 is 0. The molecule has 1 aliphatic heterocycles. The molecule has 0 aromatic heterocycles. The molecule has 0 N–H and O–H groups in total. The van der Waals surface area contributed by atoms with Crippen molar-refractivity contribution in [3.63, 3.8) is 0 Å². The van der Waals surface area contributed by atoms with Crippen LogP contribution in [0.25, 0.3) is 33.0 Å². The number of rotatable bonds is 3. The molecule has 1 aliphatic rings. The SMILES string of the molecule is CCCc1cc2c(-c3cc(C)cc(C)c3)c(C)ccc2[cH-]1.[Cl-].[Cl-].[Zr+4].[c-]1cccc2c1[Si]c1ccccc1-2. The maximum atomic E-state index is 3.31. The van der Waals surface area contributed by atoms with E-state index in [-0.39, 0.29) is 51.0 Å². The van der Waals surface area contributed by atoms with Gasteiger partial charge in [0.15, 0.2) is 0 Å². The van der Waals surface area contributed by atoms with E-state index in [0.717, 1.165) is 9.52 Å². The molecule has 6 rings (SSSR count). The van der Waals surface area contributed by atoms with Gasteiger partial charge >= 0.3 is 26.2 Å². The number of halogens is 2. The summed E-state index contributed by atoms with van der Waals surface area (Å²) in [6, 6.07) is 34.3. The zero-order chi connectivity index (χ0) is 23.7. The molecule has 2 radical (unpaired) electrons. The summed E-state index contributed by atoms with van der Waals surface area (Å²) in [4.78, 5) is 0. The van der Waals surface area contributed by atoms with Crippen LogP contribution in [-0.4, -0.2) is 9.52 Å². The standard InChI is InChI=1S/C21H23.C12H7Si.2ClH.Zr/c1-5-6-17-12-18-8-7-16(4)21(20(18)13-17)19-10-14(2)9-15(3)11-19;1-3-7-11-9(5-1)10-6-2-4-8-12(10)13-11;;;/h7-13H,5-6H2,1-4H3;1-7H;2*1H;/q2*-1;;;+4/p-2. The normalized spacial score (nSPS) is 10.7. The Kier molecular flexibility index (Phi) is 11.7. The molecule has 5 aromatic rings. The Balaban J connectivity index is 0.000000261. The molecule has 0 nitrogen and oxygen atoms in total. The molecule has 184 valence electrons. The van der Waals surface area contributed by atoms with Gasteiger partial charge in [0.2, 0.25) is 0 Å². The molecule has 0 aliphatic carbocycles. The van der Waals surface area contributed by atoms with Crippen LogP contribution in [0.15, 0.2) is 84.9 Å². The van der Waals surface area contributed by atoms with Crippen molar-refractivity contribution in [1.82, 2.24) is 0 Å². The van der Waals surface area contributed by atoms with Gasteiger partial charge in [0.25, 0.3) is 0 Å². The first-order chi connectivity index (χ1) is 16.5. The van der Waals surface area contributed by atoms with Crippen LogP contribution in [0.1, 0.15) is 35.6 Å². The van der Waals surface area contributed by atoms with Crippen LogP contribution in [0.5, 0.6) is 0 Å². The van der Waals surface area contributed by atoms with E-state index in [1.54, 1.807) is 0 Å². The monoisotopic (exact) mass is 614 g/mol. The van der Waals surface area contributed by atoms with Crippen molar-refractivity contribution in [2.45, 2.75) is 40.5 Å². The molecule has 1 heterocycles. The summed E-state index contributed by atoms with van der Waals surface area (Å²) >= 11 is 0.